The summed E-state index contributed by atoms with van der Waals surface area (Å²) in [6, 6.07) is 16.2. The molecular weight excluding hydrogens is 332 g/mol. The number of likely N-dealkylation sites (tertiary alicyclic amines) is 1. The number of rotatable bonds is 5. The molecule has 1 unspecified atom stereocenters. The Labute approximate surface area is 151 Å². The number of nitriles is 1. The van der Waals surface area contributed by atoms with Gasteiger partial charge in [0, 0.05) is 25.6 Å². The van der Waals surface area contributed by atoms with Gasteiger partial charge >= 0.3 is 5.97 Å². The first-order valence-electron chi connectivity index (χ1n) is 8.22. The number of hydrogen-bond donors (Lipinski definition) is 0. The molecule has 1 aliphatic heterocycles. The minimum Gasteiger partial charge on any atom is -0.493 e. The molecule has 6 heteroatoms. The van der Waals surface area contributed by atoms with Crippen LogP contribution in [0.15, 0.2) is 48.5 Å². The number of methoxy groups -OCH3 is 1. The minimum absolute atomic E-state index is 0.0670. The van der Waals surface area contributed by atoms with Gasteiger partial charge in [-0.1, -0.05) is 30.3 Å². The predicted molar refractivity (Wildman–Crippen MR) is 93.3 cm³/mol. The Morgan fingerprint density at radius 1 is 1.23 bits per heavy atom. The van der Waals surface area contributed by atoms with E-state index in [2.05, 4.69) is 0 Å². The molecule has 3 rings (SSSR count). The highest BCUT2D eigenvalue weighted by Gasteiger charge is 2.35. The Morgan fingerprint density at radius 3 is 2.69 bits per heavy atom. The van der Waals surface area contributed by atoms with Gasteiger partial charge in [0.05, 0.1) is 24.7 Å². The summed E-state index contributed by atoms with van der Waals surface area (Å²) in [5, 5.41) is 8.93. The molecular formula is C20H18N2O4. The molecule has 1 amide bonds. The van der Waals surface area contributed by atoms with E-state index in [9.17, 15) is 9.59 Å². The smallest absolute Gasteiger partial charge is 0.316 e. The molecule has 0 bridgehead atoms. The fourth-order valence-corrected chi connectivity index (χ4v) is 2.90. The normalized spacial score (nSPS) is 16.2. The van der Waals surface area contributed by atoms with E-state index in [1.165, 1.54) is 19.2 Å². The summed E-state index contributed by atoms with van der Waals surface area (Å²) in [5.41, 5.74) is 1.43. The second kappa shape index (κ2) is 7.70. The fraction of sp³-hybridized carbons (Fsp3) is 0.250. The maximum Gasteiger partial charge on any atom is 0.316 e. The Bertz CT molecular complexity index is 858. The zero-order valence-corrected chi connectivity index (χ0v) is 14.3. The maximum absolute atomic E-state index is 12.5. The molecule has 6 nitrogen and oxygen atoms in total. The molecule has 26 heavy (non-hydrogen) atoms. The lowest BCUT2D eigenvalue weighted by molar-refractivity contribution is -0.139. The number of ether oxygens (including phenoxy) is 2. The quantitative estimate of drug-likeness (QED) is 0.611. The van der Waals surface area contributed by atoms with Gasteiger partial charge in [-0.2, -0.15) is 5.26 Å². The van der Waals surface area contributed by atoms with E-state index in [4.69, 9.17) is 14.7 Å². The Morgan fingerprint density at radius 2 is 2.00 bits per heavy atom. The van der Waals surface area contributed by atoms with Crippen molar-refractivity contribution in [3.8, 4) is 17.6 Å². The van der Waals surface area contributed by atoms with Crippen molar-refractivity contribution < 1.29 is 19.1 Å². The number of esters is 1. The van der Waals surface area contributed by atoms with Gasteiger partial charge in [-0.15, -0.1) is 0 Å². The highest BCUT2D eigenvalue weighted by atomic mass is 16.6. The number of benzene rings is 2. The van der Waals surface area contributed by atoms with Crippen LogP contribution in [0.3, 0.4) is 0 Å². The van der Waals surface area contributed by atoms with Crippen molar-refractivity contribution in [2.45, 2.75) is 13.0 Å². The van der Waals surface area contributed by atoms with E-state index >= 15 is 0 Å². The average molecular weight is 350 g/mol. The van der Waals surface area contributed by atoms with Crippen LogP contribution in [0.25, 0.3) is 0 Å². The van der Waals surface area contributed by atoms with Crippen LogP contribution < -0.4 is 9.47 Å². The summed E-state index contributed by atoms with van der Waals surface area (Å²) in [7, 11) is 1.44. The highest BCUT2D eigenvalue weighted by Crippen LogP contribution is 2.30. The van der Waals surface area contributed by atoms with Crippen LogP contribution in [0.5, 0.6) is 11.5 Å². The van der Waals surface area contributed by atoms with Crippen LogP contribution in [-0.2, 0) is 16.1 Å². The van der Waals surface area contributed by atoms with Gasteiger partial charge in [0.2, 0.25) is 5.91 Å². The van der Waals surface area contributed by atoms with Crippen molar-refractivity contribution in [2.24, 2.45) is 5.92 Å². The van der Waals surface area contributed by atoms with Gasteiger partial charge in [0.25, 0.3) is 0 Å². The predicted octanol–water partition coefficient (Wildman–Crippen LogP) is 2.52. The Hall–Kier alpha value is -3.33. The number of amides is 1. The Kier molecular flexibility index (Phi) is 5.18. The van der Waals surface area contributed by atoms with Crippen molar-refractivity contribution in [1.82, 2.24) is 4.90 Å². The molecule has 0 aromatic heterocycles. The summed E-state index contributed by atoms with van der Waals surface area (Å²) in [6.07, 6.45) is 0.129. The number of hydrogen-bond acceptors (Lipinski definition) is 5. The molecule has 2 aromatic carbocycles. The molecule has 132 valence electrons. The molecule has 2 aromatic rings. The van der Waals surface area contributed by atoms with Gasteiger partial charge in [-0.3, -0.25) is 9.59 Å². The summed E-state index contributed by atoms with van der Waals surface area (Å²) in [4.78, 5) is 26.3. The number of nitrogens with zero attached hydrogens (tertiary/aromatic N) is 2. The molecule has 0 radical (unpaired) electrons. The lowest BCUT2D eigenvalue weighted by Gasteiger charge is -2.16. The van der Waals surface area contributed by atoms with Crippen molar-refractivity contribution in [3.63, 3.8) is 0 Å². The van der Waals surface area contributed by atoms with Crippen molar-refractivity contribution in [3.05, 3.63) is 59.7 Å². The second-order valence-electron chi connectivity index (χ2n) is 6.06. The van der Waals surface area contributed by atoms with Crippen molar-refractivity contribution >= 4 is 11.9 Å². The van der Waals surface area contributed by atoms with Crippen LogP contribution in [0.2, 0.25) is 0 Å². The van der Waals surface area contributed by atoms with Gasteiger partial charge in [0.1, 0.15) is 0 Å². The summed E-state index contributed by atoms with van der Waals surface area (Å²) >= 11 is 0. The van der Waals surface area contributed by atoms with Gasteiger partial charge in [-0.25, -0.2) is 0 Å². The van der Waals surface area contributed by atoms with Crippen LogP contribution in [0.4, 0.5) is 0 Å². The lowest BCUT2D eigenvalue weighted by Crippen LogP contribution is -2.27. The summed E-state index contributed by atoms with van der Waals surface area (Å²) in [5.74, 6) is -0.514. The first kappa shape index (κ1) is 17.5. The topological polar surface area (TPSA) is 79.6 Å². The average Bonchev–Trinajstić information content (AvgIpc) is 3.03. The van der Waals surface area contributed by atoms with E-state index in [0.29, 0.717) is 24.4 Å². The molecule has 1 atom stereocenters. The zero-order valence-electron chi connectivity index (χ0n) is 14.3. The van der Waals surface area contributed by atoms with Gasteiger partial charge in [-0.05, 0) is 17.7 Å². The molecule has 0 spiro atoms. The lowest BCUT2D eigenvalue weighted by atomic mass is 10.1. The van der Waals surface area contributed by atoms with Gasteiger partial charge in [0.15, 0.2) is 11.5 Å². The van der Waals surface area contributed by atoms with E-state index in [0.717, 1.165) is 5.56 Å². The van der Waals surface area contributed by atoms with E-state index < -0.39 is 11.9 Å². The van der Waals surface area contributed by atoms with Crippen LogP contribution in [-0.4, -0.2) is 30.4 Å². The van der Waals surface area contributed by atoms with E-state index in [-0.39, 0.29) is 18.1 Å². The van der Waals surface area contributed by atoms with Crippen molar-refractivity contribution in [2.75, 3.05) is 13.7 Å². The van der Waals surface area contributed by atoms with Crippen LogP contribution >= 0.6 is 0 Å². The summed E-state index contributed by atoms with van der Waals surface area (Å²) < 4.78 is 10.6. The number of carbonyl (C=O) groups excluding carboxylic acids is 2. The molecule has 0 N–H and O–H groups in total. The maximum atomic E-state index is 12.5. The molecule has 1 heterocycles. The largest absolute Gasteiger partial charge is 0.493 e. The molecule has 0 aliphatic carbocycles. The van der Waals surface area contributed by atoms with E-state index in [1.807, 2.05) is 36.4 Å². The summed E-state index contributed by atoms with van der Waals surface area (Å²) in [6.45, 7) is 0.800. The Balaban J connectivity index is 1.66. The van der Waals surface area contributed by atoms with Crippen molar-refractivity contribution in [1.29, 1.82) is 5.26 Å². The first-order chi connectivity index (χ1) is 12.6. The molecule has 1 fully saturated rings. The third kappa shape index (κ3) is 3.83. The zero-order chi connectivity index (χ0) is 18.5. The monoisotopic (exact) mass is 350 g/mol. The minimum atomic E-state index is -0.522. The fourth-order valence-electron chi connectivity index (χ4n) is 2.90. The van der Waals surface area contributed by atoms with E-state index in [1.54, 1.807) is 11.0 Å². The first-order valence-corrected chi connectivity index (χ1v) is 8.22. The van der Waals surface area contributed by atoms with Gasteiger partial charge < -0.3 is 14.4 Å². The second-order valence-corrected chi connectivity index (χ2v) is 6.06. The van der Waals surface area contributed by atoms with Crippen LogP contribution in [0, 0.1) is 17.2 Å². The standard InChI is InChI=1S/C20H18N2O4/c1-25-18-9-15(11-21)7-8-17(18)26-20(24)16-10-19(23)22(13-16)12-14-5-3-2-4-6-14/h2-9,16H,10,12-13H2,1H3. The molecule has 0 saturated carbocycles. The number of carbonyl (C=O) groups is 2. The highest BCUT2D eigenvalue weighted by molar-refractivity contribution is 5.87. The molecule has 1 saturated heterocycles. The SMILES string of the molecule is COc1cc(C#N)ccc1OC(=O)C1CC(=O)N(Cc2ccccc2)C1. The third-order valence-corrected chi connectivity index (χ3v) is 4.27. The third-order valence-electron chi connectivity index (χ3n) is 4.27. The van der Waals surface area contributed by atoms with Crippen LogP contribution in [0.1, 0.15) is 17.5 Å². The molecule has 1 aliphatic rings.